The summed E-state index contributed by atoms with van der Waals surface area (Å²) in [6, 6.07) is 0. The summed E-state index contributed by atoms with van der Waals surface area (Å²) in [6.07, 6.45) is 2.48. The maximum Gasteiger partial charge on any atom is 0.328 e. The maximum absolute atomic E-state index is 11.1. The highest BCUT2D eigenvalue weighted by atomic mass is 16.5. The third-order valence-corrected chi connectivity index (χ3v) is 1.67. The molecular weight excluding hydrogens is 174 g/mol. The Kier molecular flexibility index (Phi) is 3.45. The van der Waals surface area contributed by atoms with Crippen LogP contribution in [-0.4, -0.2) is 48.2 Å². The molecule has 0 atom stereocenters. The Labute approximate surface area is 75.6 Å². The Balaban J connectivity index is 2.34. The molecule has 72 valence electrons. The highest BCUT2D eigenvalue weighted by Crippen LogP contribution is 1.98. The van der Waals surface area contributed by atoms with Crippen molar-refractivity contribution < 1.29 is 19.4 Å². The van der Waals surface area contributed by atoms with Crippen LogP contribution in [0.25, 0.3) is 0 Å². The SMILES string of the molecule is O=C(O)C=CCN1CCOCC1=O. The molecule has 0 aliphatic carbocycles. The van der Waals surface area contributed by atoms with Crippen LogP contribution in [0.15, 0.2) is 12.2 Å². The predicted octanol–water partition coefficient (Wildman–Crippen LogP) is -0.514. The van der Waals surface area contributed by atoms with Crippen molar-refractivity contribution in [2.24, 2.45) is 0 Å². The fourth-order valence-electron chi connectivity index (χ4n) is 1.02. The van der Waals surface area contributed by atoms with E-state index in [0.29, 0.717) is 19.7 Å². The van der Waals surface area contributed by atoms with Crippen LogP contribution in [0.3, 0.4) is 0 Å². The van der Waals surface area contributed by atoms with Gasteiger partial charge in [-0.3, -0.25) is 4.79 Å². The normalized spacial score (nSPS) is 18.2. The average Bonchev–Trinajstić information content (AvgIpc) is 2.08. The Hall–Kier alpha value is -1.36. The summed E-state index contributed by atoms with van der Waals surface area (Å²) in [6.45, 7) is 1.49. The van der Waals surface area contributed by atoms with Crippen molar-refractivity contribution >= 4 is 11.9 Å². The van der Waals surface area contributed by atoms with Crippen molar-refractivity contribution in [2.45, 2.75) is 0 Å². The number of carboxylic acid groups (broad SMARTS) is 1. The minimum Gasteiger partial charge on any atom is -0.478 e. The minimum atomic E-state index is -0.999. The molecule has 0 aromatic carbocycles. The summed E-state index contributed by atoms with van der Waals surface area (Å²) < 4.78 is 4.91. The predicted molar refractivity (Wildman–Crippen MR) is 44.2 cm³/mol. The van der Waals surface area contributed by atoms with E-state index in [1.807, 2.05) is 0 Å². The number of amides is 1. The second kappa shape index (κ2) is 4.61. The molecule has 1 rings (SSSR count). The van der Waals surface area contributed by atoms with Gasteiger partial charge in [-0.25, -0.2) is 4.79 Å². The molecule has 5 heteroatoms. The molecule has 1 amide bonds. The van der Waals surface area contributed by atoms with Crippen molar-refractivity contribution in [1.82, 2.24) is 4.90 Å². The molecular formula is C8H11NO4. The molecule has 1 fully saturated rings. The monoisotopic (exact) mass is 185 g/mol. The van der Waals surface area contributed by atoms with Crippen LogP contribution < -0.4 is 0 Å². The molecule has 1 aliphatic heterocycles. The molecule has 1 saturated heterocycles. The van der Waals surface area contributed by atoms with Gasteiger partial charge in [-0.05, 0) is 0 Å². The number of hydrogen-bond acceptors (Lipinski definition) is 3. The Morgan fingerprint density at radius 3 is 3.08 bits per heavy atom. The molecule has 1 aliphatic rings. The highest BCUT2D eigenvalue weighted by molar-refractivity contribution is 5.80. The average molecular weight is 185 g/mol. The smallest absolute Gasteiger partial charge is 0.328 e. The fraction of sp³-hybridized carbons (Fsp3) is 0.500. The summed E-state index contributed by atoms with van der Waals surface area (Å²) in [7, 11) is 0. The van der Waals surface area contributed by atoms with Crippen molar-refractivity contribution in [1.29, 1.82) is 0 Å². The molecule has 0 spiro atoms. The minimum absolute atomic E-state index is 0.0960. The van der Waals surface area contributed by atoms with Gasteiger partial charge in [-0.2, -0.15) is 0 Å². The highest BCUT2D eigenvalue weighted by Gasteiger charge is 2.16. The van der Waals surface area contributed by atoms with Crippen molar-refractivity contribution in [2.75, 3.05) is 26.3 Å². The van der Waals surface area contributed by atoms with Crippen LogP contribution in [0.1, 0.15) is 0 Å². The second-order valence-electron chi connectivity index (χ2n) is 2.63. The van der Waals surface area contributed by atoms with Gasteiger partial charge in [0.05, 0.1) is 6.61 Å². The standard InChI is InChI=1S/C8H11NO4/c10-7-6-13-5-4-9(7)3-1-2-8(11)12/h1-2H,3-6H2,(H,11,12). The van der Waals surface area contributed by atoms with Gasteiger partial charge in [0.15, 0.2) is 0 Å². The van der Waals surface area contributed by atoms with Crippen molar-refractivity contribution in [3.05, 3.63) is 12.2 Å². The van der Waals surface area contributed by atoms with E-state index >= 15 is 0 Å². The Morgan fingerprint density at radius 1 is 1.69 bits per heavy atom. The van der Waals surface area contributed by atoms with Crippen LogP contribution in [0.5, 0.6) is 0 Å². The third kappa shape index (κ3) is 3.25. The van der Waals surface area contributed by atoms with Gasteiger partial charge in [0.1, 0.15) is 6.61 Å². The van der Waals surface area contributed by atoms with E-state index < -0.39 is 5.97 Å². The van der Waals surface area contributed by atoms with Gasteiger partial charge < -0.3 is 14.7 Å². The number of aliphatic carboxylic acids is 1. The molecule has 0 aromatic heterocycles. The zero-order valence-corrected chi connectivity index (χ0v) is 7.10. The lowest BCUT2D eigenvalue weighted by Gasteiger charge is -2.25. The number of hydrogen-bond donors (Lipinski definition) is 1. The fourth-order valence-corrected chi connectivity index (χ4v) is 1.02. The van der Waals surface area contributed by atoms with E-state index in [2.05, 4.69) is 0 Å². The van der Waals surface area contributed by atoms with E-state index in [-0.39, 0.29) is 12.5 Å². The first-order valence-electron chi connectivity index (χ1n) is 3.95. The summed E-state index contributed by atoms with van der Waals surface area (Å²) >= 11 is 0. The zero-order valence-electron chi connectivity index (χ0n) is 7.10. The molecule has 1 N–H and O–H groups in total. The second-order valence-corrected chi connectivity index (χ2v) is 2.63. The molecule has 13 heavy (non-hydrogen) atoms. The lowest BCUT2D eigenvalue weighted by atomic mass is 10.4. The number of morpholine rings is 1. The van der Waals surface area contributed by atoms with Gasteiger partial charge in [0, 0.05) is 19.2 Å². The number of nitrogens with zero attached hydrogens (tertiary/aromatic N) is 1. The van der Waals surface area contributed by atoms with Crippen LogP contribution in [0, 0.1) is 0 Å². The van der Waals surface area contributed by atoms with Gasteiger partial charge >= 0.3 is 5.97 Å². The number of rotatable bonds is 3. The van der Waals surface area contributed by atoms with Gasteiger partial charge in [0.25, 0.3) is 0 Å². The zero-order chi connectivity index (χ0) is 9.68. The summed E-state index contributed by atoms with van der Waals surface area (Å²) in [5.74, 6) is -1.10. The van der Waals surface area contributed by atoms with Gasteiger partial charge in [-0.1, -0.05) is 6.08 Å². The van der Waals surface area contributed by atoms with E-state index in [4.69, 9.17) is 9.84 Å². The first-order valence-corrected chi connectivity index (χ1v) is 3.95. The van der Waals surface area contributed by atoms with E-state index in [1.54, 1.807) is 4.90 Å². The summed E-state index contributed by atoms with van der Waals surface area (Å²) in [5.41, 5.74) is 0. The summed E-state index contributed by atoms with van der Waals surface area (Å²) in [4.78, 5) is 22.8. The molecule has 0 saturated carbocycles. The summed E-state index contributed by atoms with van der Waals surface area (Å²) in [5, 5.41) is 8.29. The largest absolute Gasteiger partial charge is 0.478 e. The van der Waals surface area contributed by atoms with Crippen LogP contribution in [0.2, 0.25) is 0 Å². The van der Waals surface area contributed by atoms with E-state index in [1.165, 1.54) is 6.08 Å². The first-order chi connectivity index (χ1) is 6.20. The number of carbonyl (C=O) groups is 2. The molecule has 0 bridgehead atoms. The lowest BCUT2D eigenvalue weighted by Crippen LogP contribution is -2.41. The van der Waals surface area contributed by atoms with Gasteiger partial charge in [-0.15, -0.1) is 0 Å². The molecule has 0 aromatic rings. The van der Waals surface area contributed by atoms with Crippen molar-refractivity contribution in [3.8, 4) is 0 Å². The molecule has 0 unspecified atom stereocenters. The van der Waals surface area contributed by atoms with E-state index in [0.717, 1.165) is 6.08 Å². The van der Waals surface area contributed by atoms with Crippen LogP contribution in [0.4, 0.5) is 0 Å². The van der Waals surface area contributed by atoms with Gasteiger partial charge in [0.2, 0.25) is 5.91 Å². The number of carboxylic acids is 1. The Bertz CT molecular complexity index is 236. The molecule has 1 heterocycles. The molecule has 5 nitrogen and oxygen atoms in total. The lowest BCUT2D eigenvalue weighted by molar-refractivity contribution is -0.142. The number of ether oxygens (including phenoxy) is 1. The van der Waals surface area contributed by atoms with E-state index in [9.17, 15) is 9.59 Å². The quantitative estimate of drug-likeness (QED) is 0.601. The Morgan fingerprint density at radius 2 is 2.46 bits per heavy atom. The third-order valence-electron chi connectivity index (χ3n) is 1.67. The number of carbonyl (C=O) groups excluding carboxylic acids is 1. The molecule has 0 radical (unpaired) electrons. The van der Waals surface area contributed by atoms with Crippen molar-refractivity contribution in [3.63, 3.8) is 0 Å². The van der Waals surface area contributed by atoms with Crippen LogP contribution >= 0.6 is 0 Å². The maximum atomic E-state index is 11.1. The van der Waals surface area contributed by atoms with Crippen LogP contribution in [-0.2, 0) is 14.3 Å². The first kappa shape index (κ1) is 9.73. The topological polar surface area (TPSA) is 66.8 Å².